The van der Waals surface area contributed by atoms with E-state index in [2.05, 4.69) is 6.26 Å². The van der Waals surface area contributed by atoms with Crippen molar-refractivity contribution in [2.45, 2.75) is 43.9 Å². The number of ketones is 1. The number of rotatable bonds is 3. The Bertz CT molecular complexity index is 182. The molecule has 0 saturated heterocycles. The normalized spacial score (nSPS) is 31.3. The van der Waals surface area contributed by atoms with Crippen molar-refractivity contribution in [2.75, 3.05) is 6.26 Å². The van der Waals surface area contributed by atoms with E-state index in [1.807, 2.05) is 11.8 Å². The van der Waals surface area contributed by atoms with Gasteiger partial charge in [0.25, 0.3) is 0 Å². The van der Waals surface area contributed by atoms with Crippen LogP contribution < -0.4 is 5.73 Å². The molecule has 0 amide bonds. The highest BCUT2D eigenvalue weighted by atomic mass is 32.2. The average molecular weight is 201 g/mol. The second-order valence-corrected chi connectivity index (χ2v) is 4.93. The van der Waals surface area contributed by atoms with E-state index >= 15 is 0 Å². The molecule has 0 aromatic carbocycles. The second-order valence-electron chi connectivity index (χ2n) is 3.86. The number of nitrogens with two attached hydrogens (primary N) is 1. The Kier molecular flexibility index (Phi) is 4.26. The van der Waals surface area contributed by atoms with Gasteiger partial charge in [0.05, 0.1) is 6.04 Å². The minimum absolute atomic E-state index is 0.226. The van der Waals surface area contributed by atoms with E-state index in [0.717, 1.165) is 6.42 Å². The van der Waals surface area contributed by atoms with Gasteiger partial charge in [-0.1, -0.05) is 12.8 Å². The Morgan fingerprint density at radius 1 is 1.46 bits per heavy atom. The van der Waals surface area contributed by atoms with E-state index in [4.69, 9.17) is 5.73 Å². The van der Waals surface area contributed by atoms with Crippen molar-refractivity contribution >= 4 is 17.5 Å². The average Bonchev–Trinajstić information content (AvgIpc) is 2.16. The smallest absolute Gasteiger partial charge is 0.153 e. The molecule has 2 nitrogen and oxygen atoms in total. The number of thioether (sulfide) groups is 1. The standard InChI is InChI=1S/C10H19NOS/c1-7(11)10(12)8-5-3-4-6-9(8)13-2/h7-9H,3-6,11H2,1-2H3. The summed E-state index contributed by atoms with van der Waals surface area (Å²) in [5.74, 6) is 0.489. The van der Waals surface area contributed by atoms with Gasteiger partial charge < -0.3 is 5.73 Å². The van der Waals surface area contributed by atoms with Crippen LogP contribution in [0, 0.1) is 5.92 Å². The van der Waals surface area contributed by atoms with Gasteiger partial charge in [-0.25, -0.2) is 0 Å². The third-order valence-electron chi connectivity index (χ3n) is 2.82. The van der Waals surface area contributed by atoms with E-state index in [9.17, 15) is 4.79 Å². The molecule has 0 aliphatic heterocycles. The molecule has 3 heteroatoms. The summed E-state index contributed by atoms with van der Waals surface area (Å²) in [4.78, 5) is 11.7. The predicted molar refractivity (Wildman–Crippen MR) is 57.9 cm³/mol. The van der Waals surface area contributed by atoms with Gasteiger partial charge in [-0.3, -0.25) is 4.79 Å². The molecule has 0 aromatic rings. The summed E-state index contributed by atoms with van der Waals surface area (Å²) in [7, 11) is 0. The lowest BCUT2D eigenvalue weighted by Crippen LogP contribution is -2.39. The molecule has 76 valence electrons. The molecule has 1 rings (SSSR count). The molecule has 13 heavy (non-hydrogen) atoms. The van der Waals surface area contributed by atoms with Crippen molar-refractivity contribution in [3.63, 3.8) is 0 Å². The third-order valence-corrected chi connectivity index (χ3v) is 3.99. The molecule has 2 N–H and O–H groups in total. The molecule has 0 aromatic heterocycles. The molecule has 3 unspecified atom stereocenters. The van der Waals surface area contributed by atoms with E-state index in [0.29, 0.717) is 5.25 Å². The number of carbonyl (C=O) groups is 1. The first kappa shape index (κ1) is 11.1. The number of Topliss-reactive ketones (excluding diaryl/α,β-unsaturated/α-hetero) is 1. The van der Waals surface area contributed by atoms with Gasteiger partial charge in [-0.05, 0) is 26.0 Å². The Labute approximate surface area is 84.6 Å². The summed E-state index contributed by atoms with van der Waals surface area (Å²) >= 11 is 1.82. The highest BCUT2D eigenvalue weighted by Gasteiger charge is 2.31. The van der Waals surface area contributed by atoms with Crippen molar-refractivity contribution in [1.82, 2.24) is 0 Å². The maximum absolute atomic E-state index is 11.7. The van der Waals surface area contributed by atoms with Crippen LogP contribution in [-0.4, -0.2) is 23.3 Å². The molecule has 1 saturated carbocycles. The van der Waals surface area contributed by atoms with Gasteiger partial charge in [-0.15, -0.1) is 0 Å². The van der Waals surface area contributed by atoms with Crippen molar-refractivity contribution in [2.24, 2.45) is 11.7 Å². The van der Waals surface area contributed by atoms with Gasteiger partial charge in [0.15, 0.2) is 5.78 Å². The molecule has 1 aliphatic rings. The van der Waals surface area contributed by atoms with Gasteiger partial charge in [-0.2, -0.15) is 11.8 Å². The van der Waals surface area contributed by atoms with Crippen molar-refractivity contribution < 1.29 is 4.79 Å². The number of hydrogen-bond donors (Lipinski definition) is 1. The quantitative estimate of drug-likeness (QED) is 0.757. The van der Waals surface area contributed by atoms with Crippen LogP contribution in [0.2, 0.25) is 0 Å². The van der Waals surface area contributed by atoms with E-state index < -0.39 is 0 Å². The Hall–Kier alpha value is -0.0200. The van der Waals surface area contributed by atoms with Crippen LogP contribution in [0.15, 0.2) is 0 Å². The number of carbonyl (C=O) groups excluding carboxylic acids is 1. The lowest BCUT2D eigenvalue weighted by Gasteiger charge is -2.30. The highest BCUT2D eigenvalue weighted by molar-refractivity contribution is 7.99. The molecule has 3 atom stereocenters. The zero-order valence-electron chi connectivity index (χ0n) is 8.45. The lowest BCUT2D eigenvalue weighted by atomic mass is 9.84. The van der Waals surface area contributed by atoms with Crippen LogP contribution in [-0.2, 0) is 4.79 Å². The summed E-state index contributed by atoms with van der Waals surface area (Å²) in [5.41, 5.74) is 5.62. The van der Waals surface area contributed by atoms with Crippen LogP contribution in [0.5, 0.6) is 0 Å². The molecular formula is C10H19NOS. The fraction of sp³-hybridized carbons (Fsp3) is 0.900. The highest BCUT2D eigenvalue weighted by Crippen LogP contribution is 2.33. The first-order valence-electron chi connectivity index (χ1n) is 4.99. The fourth-order valence-electron chi connectivity index (χ4n) is 2.04. The maximum Gasteiger partial charge on any atom is 0.153 e. The summed E-state index contributed by atoms with van der Waals surface area (Å²) in [5, 5.41) is 0.521. The van der Waals surface area contributed by atoms with E-state index in [1.165, 1.54) is 19.3 Å². The van der Waals surface area contributed by atoms with Gasteiger partial charge >= 0.3 is 0 Å². The summed E-state index contributed by atoms with van der Waals surface area (Å²) in [6, 6.07) is -0.280. The summed E-state index contributed by atoms with van der Waals surface area (Å²) in [6.07, 6.45) is 6.79. The molecule has 0 radical (unpaired) electrons. The minimum atomic E-state index is -0.280. The zero-order chi connectivity index (χ0) is 9.84. The predicted octanol–water partition coefficient (Wildman–Crippen LogP) is 1.82. The molecule has 0 heterocycles. The largest absolute Gasteiger partial charge is 0.322 e. The Balaban J connectivity index is 2.58. The molecule has 1 fully saturated rings. The van der Waals surface area contributed by atoms with E-state index in [1.54, 1.807) is 6.92 Å². The van der Waals surface area contributed by atoms with Crippen LogP contribution in [0.3, 0.4) is 0 Å². The van der Waals surface area contributed by atoms with Crippen molar-refractivity contribution in [1.29, 1.82) is 0 Å². The topological polar surface area (TPSA) is 43.1 Å². The monoisotopic (exact) mass is 201 g/mol. The molecule has 1 aliphatic carbocycles. The summed E-state index contributed by atoms with van der Waals surface area (Å²) < 4.78 is 0. The van der Waals surface area contributed by atoms with Crippen LogP contribution in [0.4, 0.5) is 0 Å². The first-order valence-corrected chi connectivity index (χ1v) is 6.27. The fourth-order valence-corrected chi connectivity index (χ4v) is 3.04. The second kappa shape index (κ2) is 5.01. The third kappa shape index (κ3) is 2.71. The molecular weight excluding hydrogens is 182 g/mol. The van der Waals surface area contributed by atoms with E-state index in [-0.39, 0.29) is 17.7 Å². The number of hydrogen-bond acceptors (Lipinski definition) is 3. The van der Waals surface area contributed by atoms with Crippen molar-refractivity contribution in [3.8, 4) is 0 Å². The Morgan fingerprint density at radius 3 is 2.62 bits per heavy atom. The minimum Gasteiger partial charge on any atom is -0.322 e. The first-order chi connectivity index (χ1) is 6.16. The lowest BCUT2D eigenvalue weighted by molar-refractivity contribution is -0.124. The van der Waals surface area contributed by atoms with Gasteiger partial charge in [0.1, 0.15) is 0 Å². The maximum atomic E-state index is 11.7. The SMILES string of the molecule is CSC1CCCCC1C(=O)C(C)N. The zero-order valence-corrected chi connectivity index (χ0v) is 9.27. The summed E-state index contributed by atoms with van der Waals surface area (Å²) in [6.45, 7) is 1.80. The van der Waals surface area contributed by atoms with Crippen LogP contribution in [0.25, 0.3) is 0 Å². The van der Waals surface area contributed by atoms with Crippen molar-refractivity contribution in [3.05, 3.63) is 0 Å². The molecule has 0 spiro atoms. The van der Waals surface area contributed by atoms with Crippen LogP contribution >= 0.6 is 11.8 Å². The Morgan fingerprint density at radius 2 is 2.08 bits per heavy atom. The van der Waals surface area contributed by atoms with Gasteiger partial charge in [0.2, 0.25) is 0 Å². The van der Waals surface area contributed by atoms with Gasteiger partial charge in [0, 0.05) is 11.2 Å². The molecule has 0 bridgehead atoms. The van der Waals surface area contributed by atoms with Crippen LogP contribution in [0.1, 0.15) is 32.6 Å².